The molecule has 0 aromatic carbocycles. The Morgan fingerprint density at radius 3 is 2.36 bits per heavy atom. The molecule has 0 fully saturated rings. The van der Waals surface area contributed by atoms with Crippen molar-refractivity contribution >= 4 is 12.0 Å². The summed E-state index contributed by atoms with van der Waals surface area (Å²) >= 11 is 0. The van der Waals surface area contributed by atoms with Crippen LogP contribution in [0, 0.1) is 0 Å². The van der Waals surface area contributed by atoms with Gasteiger partial charge in [-0.05, 0) is 0 Å². The third-order valence-corrected chi connectivity index (χ3v) is 1.56. The van der Waals surface area contributed by atoms with Crippen LogP contribution in [-0.4, -0.2) is 65.1 Å². The number of carbonyl (C=O) groups excluding carboxylic acids is 1. The number of hydrogen-bond acceptors (Lipinski definition) is 4. The number of carbonyl (C=O) groups is 2. The van der Waals surface area contributed by atoms with Crippen molar-refractivity contribution in [2.45, 2.75) is 6.04 Å². The average molecular weight is 206 g/mol. The Morgan fingerprint density at radius 1 is 1.43 bits per heavy atom. The van der Waals surface area contributed by atoms with Crippen molar-refractivity contribution in [3.63, 3.8) is 0 Å². The Hall–Kier alpha value is -1.34. The third kappa shape index (κ3) is 4.06. The van der Waals surface area contributed by atoms with Crippen LogP contribution in [0.1, 0.15) is 0 Å². The molecule has 0 spiro atoms. The number of hydrogen-bond donors (Lipinski definition) is 4. The molecule has 7 nitrogen and oxygen atoms in total. The number of rotatable bonds is 5. The monoisotopic (exact) mass is 206 g/mol. The van der Waals surface area contributed by atoms with E-state index in [1.807, 2.05) is 0 Å². The molecule has 14 heavy (non-hydrogen) atoms. The third-order valence-electron chi connectivity index (χ3n) is 1.56. The molecule has 2 amide bonds. The maximum atomic E-state index is 11.1. The van der Waals surface area contributed by atoms with E-state index in [-0.39, 0.29) is 13.2 Å². The summed E-state index contributed by atoms with van der Waals surface area (Å²) in [7, 11) is 1.40. The van der Waals surface area contributed by atoms with Crippen molar-refractivity contribution in [2.24, 2.45) is 0 Å². The molecular weight excluding hydrogens is 192 g/mol. The SMILES string of the molecule is CN(CCO)C(=O)N[C@@H](CO)C(=O)O. The molecule has 82 valence electrons. The zero-order valence-electron chi connectivity index (χ0n) is 7.80. The highest BCUT2D eigenvalue weighted by Crippen LogP contribution is 1.88. The van der Waals surface area contributed by atoms with Gasteiger partial charge in [-0.2, -0.15) is 0 Å². The van der Waals surface area contributed by atoms with Crippen molar-refractivity contribution in [3.05, 3.63) is 0 Å². The number of aliphatic hydroxyl groups excluding tert-OH is 2. The number of nitrogens with one attached hydrogen (secondary N) is 1. The topological polar surface area (TPSA) is 110 Å². The number of amides is 2. The highest BCUT2D eigenvalue weighted by Gasteiger charge is 2.20. The lowest BCUT2D eigenvalue weighted by Gasteiger charge is -2.19. The van der Waals surface area contributed by atoms with Gasteiger partial charge in [-0.1, -0.05) is 0 Å². The molecule has 0 radical (unpaired) electrons. The normalized spacial score (nSPS) is 11.9. The molecule has 0 aromatic heterocycles. The number of nitrogens with zero attached hydrogens (tertiary/aromatic N) is 1. The van der Waals surface area contributed by atoms with Crippen molar-refractivity contribution in [2.75, 3.05) is 26.8 Å². The van der Waals surface area contributed by atoms with Crippen molar-refractivity contribution in [1.29, 1.82) is 0 Å². The molecule has 0 bridgehead atoms. The Kier molecular flexibility index (Phi) is 5.58. The maximum Gasteiger partial charge on any atom is 0.328 e. The molecule has 0 heterocycles. The zero-order chi connectivity index (χ0) is 11.1. The van der Waals surface area contributed by atoms with Crippen LogP contribution < -0.4 is 5.32 Å². The lowest BCUT2D eigenvalue weighted by Crippen LogP contribution is -2.48. The predicted octanol–water partition coefficient (Wildman–Crippen LogP) is -1.93. The standard InChI is InChI=1S/C7H14N2O5/c1-9(2-3-10)7(14)8-5(4-11)6(12)13/h5,10-11H,2-4H2,1H3,(H,8,14)(H,12,13)/t5-/m0/s1. The van der Waals surface area contributed by atoms with Gasteiger partial charge in [0.1, 0.15) is 0 Å². The van der Waals surface area contributed by atoms with Gasteiger partial charge in [0.05, 0.1) is 13.2 Å². The number of urea groups is 1. The van der Waals surface area contributed by atoms with Gasteiger partial charge in [-0.3, -0.25) is 0 Å². The minimum atomic E-state index is -1.32. The fourth-order valence-corrected chi connectivity index (χ4v) is 0.696. The molecule has 0 unspecified atom stereocenters. The second-order valence-corrected chi connectivity index (χ2v) is 2.67. The van der Waals surface area contributed by atoms with Gasteiger partial charge in [0, 0.05) is 13.6 Å². The highest BCUT2D eigenvalue weighted by molar-refractivity contribution is 5.82. The Labute approximate surface area is 80.9 Å². The molecule has 0 saturated heterocycles. The molecule has 1 atom stereocenters. The molecular formula is C7H14N2O5. The van der Waals surface area contributed by atoms with E-state index in [1.165, 1.54) is 7.05 Å². The van der Waals surface area contributed by atoms with Gasteiger partial charge >= 0.3 is 12.0 Å². The summed E-state index contributed by atoms with van der Waals surface area (Å²) in [5, 5.41) is 27.7. The smallest absolute Gasteiger partial charge is 0.328 e. The van der Waals surface area contributed by atoms with E-state index in [0.717, 1.165) is 4.90 Å². The summed E-state index contributed by atoms with van der Waals surface area (Å²) in [4.78, 5) is 22.7. The average Bonchev–Trinajstić information content (AvgIpc) is 2.13. The first kappa shape index (κ1) is 12.7. The van der Waals surface area contributed by atoms with Gasteiger partial charge in [-0.25, -0.2) is 9.59 Å². The van der Waals surface area contributed by atoms with Crippen LogP contribution in [0.2, 0.25) is 0 Å². The van der Waals surface area contributed by atoms with Crippen LogP contribution in [0.3, 0.4) is 0 Å². The number of carboxylic acids is 1. The molecule has 0 saturated carbocycles. The van der Waals surface area contributed by atoms with Crippen molar-refractivity contribution < 1.29 is 24.9 Å². The van der Waals surface area contributed by atoms with E-state index in [0.29, 0.717) is 0 Å². The first-order valence-corrected chi connectivity index (χ1v) is 3.99. The van der Waals surface area contributed by atoms with E-state index in [9.17, 15) is 9.59 Å². The maximum absolute atomic E-state index is 11.1. The van der Waals surface area contributed by atoms with Crippen molar-refractivity contribution in [3.8, 4) is 0 Å². The summed E-state index contributed by atoms with van der Waals surface area (Å²) in [6.07, 6.45) is 0. The number of carboxylic acid groups (broad SMARTS) is 1. The molecule has 0 aliphatic rings. The second kappa shape index (κ2) is 6.17. The van der Waals surface area contributed by atoms with Gasteiger partial charge in [0.15, 0.2) is 6.04 Å². The van der Waals surface area contributed by atoms with Gasteiger partial charge in [0.2, 0.25) is 0 Å². The molecule has 0 aliphatic heterocycles. The fraction of sp³-hybridized carbons (Fsp3) is 0.714. The lowest BCUT2D eigenvalue weighted by atomic mass is 10.3. The summed E-state index contributed by atoms with van der Waals surface area (Å²) in [6.45, 7) is -0.779. The largest absolute Gasteiger partial charge is 0.480 e. The molecule has 7 heteroatoms. The first-order chi connectivity index (χ1) is 6.52. The predicted molar refractivity (Wildman–Crippen MR) is 46.8 cm³/mol. The summed E-state index contributed by atoms with van der Waals surface area (Å²) in [5.41, 5.74) is 0. The Bertz CT molecular complexity index is 208. The van der Waals surface area contributed by atoms with Crippen LogP contribution in [0.15, 0.2) is 0 Å². The fourth-order valence-electron chi connectivity index (χ4n) is 0.696. The molecule has 0 aliphatic carbocycles. The van der Waals surface area contributed by atoms with Crippen LogP contribution >= 0.6 is 0 Å². The summed E-state index contributed by atoms with van der Waals surface area (Å²) in [5.74, 6) is -1.31. The summed E-state index contributed by atoms with van der Waals surface area (Å²) in [6, 6.07) is -1.97. The van der Waals surface area contributed by atoms with Gasteiger partial charge in [-0.15, -0.1) is 0 Å². The quantitative estimate of drug-likeness (QED) is 0.418. The van der Waals surface area contributed by atoms with E-state index in [2.05, 4.69) is 5.32 Å². The van der Waals surface area contributed by atoms with Crippen LogP contribution in [0.4, 0.5) is 4.79 Å². The van der Waals surface area contributed by atoms with E-state index < -0.39 is 24.6 Å². The molecule has 4 N–H and O–H groups in total. The second-order valence-electron chi connectivity index (χ2n) is 2.67. The van der Waals surface area contributed by atoms with Crippen LogP contribution in [-0.2, 0) is 4.79 Å². The van der Waals surface area contributed by atoms with Gasteiger partial charge < -0.3 is 25.5 Å². The van der Waals surface area contributed by atoms with Crippen molar-refractivity contribution in [1.82, 2.24) is 10.2 Å². The zero-order valence-corrected chi connectivity index (χ0v) is 7.80. The lowest BCUT2D eigenvalue weighted by molar-refractivity contribution is -0.140. The molecule has 0 aromatic rings. The van der Waals surface area contributed by atoms with Crippen LogP contribution in [0.25, 0.3) is 0 Å². The highest BCUT2D eigenvalue weighted by atomic mass is 16.4. The minimum Gasteiger partial charge on any atom is -0.480 e. The van der Waals surface area contributed by atoms with E-state index in [4.69, 9.17) is 15.3 Å². The van der Waals surface area contributed by atoms with Crippen LogP contribution in [0.5, 0.6) is 0 Å². The first-order valence-electron chi connectivity index (χ1n) is 3.99. The number of likely N-dealkylation sites (N-methyl/N-ethyl adjacent to an activating group) is 1. The number of aliphatic hydroxyl groups is 2. The Balaban J connectivity index is 4.08. The minimum absolute atomic E-state index is 0.101. The summed E-state index contributed by atoms with van der Waals surface area (Å²) < 4.78 is 0. The Morgan fingerprint density at radius 2 is 2.00 bits per heavy atom. The number of aliphatic carboxylic acids is 1. The van der Waals surface area contributed by atoms with E-state index >= 15 is 0 Å². The molecule has 0 rings (SSSR count). The van der Waals surface area contributed by atoms with E-state index in [1.54, 1.807) is 0 Å². The van der Waals surface area contributed by atoms with Gasteiger partial charge in [0.25, 0.3) is 0 Å².